The lowest BCUT2D eigenvalue weighted by Crippen LogP contribution is -2.26. The lowest BCUT2D eigenvalue weighted by atomic mass is 9.89. The van der Waals surface area contributed by atoms with Crippen molar-refractivity contribution < 1.29 is 4.74 Å². The van der Waals surface area contributed by atoms with E-state index in [0.29, 0.717) is 5.92 Å². The van der Waals surface area contributed by atoms with Gasteiger partial charge in [-0.3, -0.25) is 0 Å². The van der Waals surface area contributed by atoms with Crippen molar-refractivity contribution >= 4 is 11.6 Å². The number of fused-ring (bicyclic) bond motifs is 1. The molecule has 0 aromatic heterocycles. The first-order valence-corrected chi connectivity index (χ1v) is 6.81. The van der Waals surface area contributed by atoms with Gasteiger partial charge in [0.1, 0.15) is 11.9 Å². The minimum absolute atomic E-state index is 0.269. The summed E-state index contributed by atoms with van der Waals surface area (Å²) < 4.78 is 5.74. The Morgan fingerprint density at radius 2 is 2.06 bits per heavy atom. The number of nitrogens with one attached hydrogen (secondary N) is 1. The van der Waals surface area contributed by atoms with E-state index in [1.165, 1.54) is 24.0 Å². The first-order chi connectivity index (χ1) is 8.24. The average Bonchev–Trinajstić information content (AvgIpc) is 2.71. The van der Waals surface area contributed by atoms with E-state index in [4.69, 9.17) is 16.3 Å². The van der Waals surface area contributed by atoms with Crippen LogP contribution in [-0.4, -0.2) is 19.2 Å². The molecule has 92 valence electrons. The van der Waals surface area contributed by atoms with Crippen molar-refractivity contribution in [3.8, 4) is 5.75 Å². The largest absolute Gasteiger partial charge is 0.489 e. The fraction of sp³-hybridized carbons (Fsp3) is 0.571. The molecule has 1 aromatic carbocycles. The Labute approximate surface area is 107 Å². The smallest absolute Gasteiger partial charge is 0.141 e. The lowest BCUT2D eigenvalue weighted by molar-refractivity contribution is 0.255. The molecule has 2 nitrogen and oxygen atoms in total. The lowest BCUT2D eigenvalue weighted by Gasteiger charge is -2.23. The standard InChI is InChI=1S/C14H18ClNO/c1-9-6-12-7-11(8-13(15)14(12)17-9)10-2-4-16-5-3-10/h7-10,16H,2-6H2,1H3. The van der Waals surface area contributed by atoms with Gasteiger partial charge in [-0.1, -0.05) is 17.7 Å². The highest BCUT2D eigenvalue weighted by atomic mass is 35.5. The predicted molar refractivity (Wildman–Crippen MR) is 70.1 cm³/mol. The van der Waals surface area contributed by atoms with E-state index in [-0.39, 0.29) is 6.10 Å². The molecular formula is C14H18ClNO. The molecule has 1 fully saturated rings. The Balaban J connectivity index is 1.91. The van der Waals surface area contributed by atoms with E-state index in [0.717, 1.165) is 30.3 Å². The third-order valence-electron chi connectivity index (χ3n) is 3.78. The van der Waals surface area contributed by atoms with Crippen molar-refractivity contribution in [3.63, 3.8) is 0 Å². The van der Waals surface area contributed by atoms with Gasteiger partial charge in [0.2, 0.25) is 0 Å². The second kappa shape index (κ2) is 4.51. The van der Waals surface area contributed by atoms with Crippen LogP contribution in [0.15, 0.2) is 12.1 Å². The summed E-state index contributed by atoms with van der Waals surface area (Å²) in [7, 11) is 0. The molecule has 0 aliphatic carbocycles. The third-order valence-corrected chi connectivity index (χ3v) is 4.06. The van der Waals surface area contributed by atoms with Crippen LogP contribution < -0.4 is 10.1 Å². The summed E-state index contributed by atoms with van der Waals surface area (Å²) in [6.07, 6.45) is 3.69. The Morgan fingerprint density at radius 1 is 1.29 bits per heavy atom. The molecule has 0 amide bonds. The molecule has 1 unspecified atom stereocenters. The Bertz CT molecular complexity index is 426. The number of benzene rings is 1. The van der Waals surface area contributed by atoms with Crippen LogP contribution in [-0.2, 0) is 6.42 Å². The maximum absolute atomic E-state index is 6.32. The van der Waals surface area contributed by atoms with E-state index in [9.17, 15) is 0 Å². The van der Waals surface area contributed by atoms with Crippen LogP contribution in [0.1, 0.15) is 36.8 Å². The monoisotopic (exact) mass is 251 g/mol. The first kappa shape index (κ1) is 11.4. The molecule has 1 atom stereocenters. The fourth-order valence-electron chi connectivity index (χ4n) is 2.90. The van der Waals surface area contributed by atoms with Crippen LogP contribution in [0.25, 0.3) is 0 Å². The zero-order valence-corrected chi connectivity index (χ0v) is 10.9. The third kappa shape index (κ3) is 2.16. The molecule has 0 spiro atoms. The maximum atomic E-state index is 6.32. The molecule has 3 heteroatoms. The highest BCUT2D eigenvalue weighted by molar-refractivity contribution is 6.32. The fourth-order valence-corrected chi connectivity index (χ4v) is 3.19. The Hall–Kier alpha value is -0.730. The van der Waals surface area contributed by atoms with E-state index < -0.39 is 0 Å². The molecule has 3 rings (SSSR count). The number of halogens is 1. The van der Waals surface area contributed by atoms with Crippen molar-refractivity contribution in [3.05, 3.63) is 28.3 Å². The van der Waals surface area contributed by atoms with Gasteiger partial charge in [0.15, 0.2) is 0 Å². The number of ether oxygens (including phenoxy) is 1. The van der Waals surface area contributed by atoms with Gasteiger partial charge in [0.25, 0.3) is 0 Å². The van der Waals surface area contributed by atoms with Gasteiger partial charge in [-0.2, -0.15) is 0 Å². The minimum Gasteiger partial charge on any atom is -0.489 e. The zero-order chi connectivity index (χ0) is 11.8. The quantitative estimate of drug-likeness (QED) is 0.828. The van der Waals surface area contributed by atoms with Gasteiger partial charge in [0, 0.05) is 6.42 Å². The summed E-state index contributed by atoms with van der Waals surface area (Å²) in [6.45, 7) is 4.33. The summed E-state index contributed by atoms with van der Waals surface area (Å²) in [4.78, 5) is 0. The Kier molecular flexibility index (Phi) is 3.01. The molecule has 2 aliphatic heterocycles. The van der Waals surface area contributed by atoms with Gasteiger partial charge < -0.3 is 10.1 Å². The number of piperidine rings is 1. The Morgan fingerprint density at radius 3 is 2.82 bits per heavy atom. The molecule has 2 aliphatic rings. The van der Waals surface area contributed by atoms with Crippen molar-refractivity contribution in [2.45, 2.75) is 38.2 Å². The number of hydrogen-bond acceptors (Lipinski definition) is 2. The van der Waals surface area contributed by atoms with Gasteiger partial charge in [-0.05, 0) is 56.0 Å². The second-order valence-electron chi connectivity index (χ2n) is 5.15. The van der Waals surface area contributed by atoms with E-state index in [2.05, 4.69) is 24.4 Å². The zero-order valence-electron chi connectivity index (χ0n) is 10.1. The summed E-state index contributed by atoms with van der Waals surface area (Å²) in [5.74, 6) is 1.58. The van der Waals surface area contributed by atoms with Gasteiger partial charge in [-0.25, -0.2) is 0 Å². The molecule has 1 saturated heterocycles. The molecule has 1 N–H and O–H groups in total. The summed E-state index contributed by atoms with van der Waals surface area (Å²) >= 11 is 6.32. The molecular weight excluding hydrogens is 234 g/mol. The number of rotatable bonds is 1. The molecule has 1 aromatic rings. The molecule has 17 heavy (non-hydrogen) atoms. The van der Waals surface area contributed by atoms with Crippen LogP contribution in [0.5, 0.6) is 5.75 Å². The SMILES string of the molecule is CC1Cc2cc(C3CCNCC3)cc(Cl)c2O1. The van der Waals surface area contributed by atoms with Gasteiger partial charge >= 0.3 is 0 Å². The van der Waals surface area contributed by atoms with E-state index >= 15 is 0 Å². The highest BCUT2D eigenvalue weighted by Crippen LogP contribution is 2.39. The summed E-state index contributed by atoms with van der Waals surface area (Å²) in [5, 5.41) is 4.19. The van der Waals surface area contributed by atoms with Crippen LogP contribution in [0.2, 0.25) is 5.02 Å². The summed E-state index contributed by atoms with van der Waals surface area (Å²) in [6, 6.07) is 4.41. The van der Waals surface area contributed by atoms with Gasteiger partial charge in [0.05, 0.1) is 5.02 Å². The van der Waals surface area contributed by atoms with Crippen LogP contribution in [0, 0.1) is 0 Å². The van der Waals surface area contributed by atoms with Crippen LogP contribution >= 0.6 is 11.6 Å². The highest BCUT2D eigenvalue weighted by Gasteiger charge is 2.24. The minimum atomic E-state index is 0.269. The normalized spacial score (nSPS) is 24.5. The van der Waals surface area contributed by atoms with Crippen molar-refractivity contribution in [2.75, 3.05) is 13.1 Å². The first-order valence-electron chi connectivity index (χ1n) is 6.43. The van der Waals surface area contributed by atoms with Crippen LogP contribution in [0.4, 0.5) is 0 Å². The topological polar surface area (TPSA) is 21.3 Å². The van der Waals surface area contributed by atoms with Gasteiger partial charge in [-0.15, -0.1) is 0 Å². The van der Waals surface area contributed by atoms with Crippen molar-refractivity contribution in [1.82, 2.24) is 5.32 Å². The van der Waals surface area contributed by atoms with E-state index in [1.54, 1.807) is 0 Å². The molecule has 2 heterocycles. The van der Waals surface area contributed by atoms with Crippen LogP contribution in [0.3, 0.4) is 0 Å². The molecule has 0 saturated carbocycles. The van der Waals surface area contributed by atoms with Crippen molar-refractivity contribution in [1.29, 1.82) is 0 Å². The maximum Gasteiger partial charge on any atom is 0.141 e. The molecule has 0 radical (unpaired) electrons. The molecule has 0 bridgehead atoms. The summed E-state index contributed by atoms with van der Waals surface area (Å²) in [5.41, 5.74) is 2.69. The number of hydrogen-bond donors (Lipinski definition) is 1. The van der Waals surface area contributed by atoms with Crippen molar-refractivity contribution in [2.24, 2.45) is 0 Å². The average molecular weight is 252 g/mol. The predicted octanol–water partition coefficient (Wildman–Crippen LogP) is 3.13. The second-order valence-corrected chi connectivity index (χ2v) is 5.56. The van der Waals surface area contributed by atoms with E-state index in [1.807, 2.05) is 0 Å².